The van der Waals surface area contributed by atoms with Gasteiger partial charge in [0.2, 0.25) is 0 Å². The summed E-state index contributed by atoms with van der Waals surface area (Å²) in [5.41, 5.74) is 4.13. The van der Waals surface area contributed by atoms with Gasteiger partial charge in [-0.1, -0.05) is 36.4 Å². The molecule has 1 heterocycles. The van der Waals surface area contributed by atoms with Crippen LogP contribution in [0.5, 0.6) is 5.75 Å². The molecule has 3 aromatic rings. The lowest BCUT2D eigenvalue weighted by Gasteiger charge is -2.23. The van der Waals surface area contributed by atoms with Crippen LogP contribution >= 0.6 is 23.2 Å². The second-order valence-corrected chi connectivity index (χ2v) is 11.3. The molecule has 1 aliphatic rings. The highest BCUT2D eigenvalue weighted by Gasteiger charge is 2.17. The second-order valence-electron chi connectivity index (χ2n) is 10.5. The third kappa shape index (κ3) is 10.5. The molecule has 3 aromatic carbocycles. The van der Waals surface area contributed by atoms with Crippen LogP contribution < -0.4 is 9.64 Å². The molecule has 0 aromatic heterocycles. The van der Waals surface area contributed by atoms with Crippen LogP contribution in [0.25, 0.3) is 12.2 Å². The number of carbonyl (C=O) groups excluding carboxylic acids is 1. The normalized spacial score (nSPS) is 14.8. The van der Waals surface area contributed by atoms with E-state index in [4.69, 9.17) is 37.4 Å². The molecular weight excluding hydrogens is 603 g/mol. The first-order valence-electron chi connectivity index (χ1n) is 14.9. The van der Waals surface area contributed by atoms with Crippen molar-refractivity contribution in [2.75, 3.05) is 36.4 Å². The first kappa shape index (κ1) is 33.3. The number of hydrogen-bond donors (Lipinski definition) is 0. The van der Waals surface area contributed by atoms with Crippen molar-refractivity contribution >= 4 is 52.7 Å². The van der Waals surface area contributed by atoms with Gasteiger partial charge in [-0.3, -0.25) is 14.9 Å². The van der Waals surface area contributed by atoms with E-state index in [9.17, 15) is 14.9 Å². The molecule has 0 amide bonds. The standard InChI is InChI=1S/C34H38Cl2N2O6/c35-19-21-37(22-20-36)30-14-9-26(10-15-30)4-3-5-33(39)43-25-29-24-28(13-18-32(29)38(40)41)8-7-27-11-16-31(17-12-27)44-34-6-1-2-23-42-34/h7-18,24,34H,1-6,19-23,25H2/b8-7+. The van der Waals surface area contributed by atoms with Crippen LogP contribution in [0.4, 0.5) is 11.4 Å². The van der Waals surface area contributed by atoms with Crippen molar-refractivity contribution in [3.05, 3.63) is 99.1 Å². The lowest BCUT2D eigenvalue weighted by molar-refractivity contribution is -0.385. The molecule has 0 radical (unpaired) electrons. The van der Waals surface area contributed by atoms with E-state index in [0.717, 1.165) is 67.1 Å². The van der Waals surface area contributed by atoms with Gasteiger partial charge in [0, 0.05) is 49.4 Å². The van der Waals surface area contributed by atoms with E-state index in [1.807, 2.05) is 60.7 Å². The fourth-order valence-corrected chi connectivity index (χ4v) is 5.33. The van der Waals surface area contributed by atoms with E-state index in [1.165, 1.54) is 6.07 Å². The number of nitro groups is 1. The first-order chi connectivity index (χ1) is 21.4. The summed E-state index contributed by atoms with van der Waals surface area (Å²) >= 11 is 11.8. The summed E-state index contributed by atoms with van der Waals surface area (Å²) in [7, 11) is 0. The van der Waals surface area contributed by atoms with E-state index in [0.29, 0.717) is 30.2 Å². The van der Waals surface area contributed by atoms with Gasteiger partial charge >= 0.3 is 5.97 Å². The quantitative estimate of drug-likeness (QED) is 0.0514. The summed E-state index contributed by atoms with van der Waals surface area (Å²) in [6, 6.07) is 20.6. The SMILES string of the molecule is O=C(CCCc1ccc(N(CCCl)CCCl)cc1)OCc1cc(/C=C/c2ccc(OC3CCCCO3)cc2)ccc1[N+](=O)[O-]. The van der Waals surface area contributed by atoms with Crippen LogP contribution in [0.15, 0.2) is 66.7 Å². The monoisotopic (exact) mass is 640 g/mol. The molecule has 234 valence electrons. The number of alkyl halides is 2. The Kier molecular flexibility index (Phi) is 13.4. The Hall–Kier alpha value is -3.59. The molecule has 0 spiro atoms. The number of rotatable bonds is 16. The Labute approximate surface area is 268 Å². The maximum atomic E-state index is 12.5. The predicted molar refractivity (Wildman–Crippen MR) is 176 cm³/mol. The van der Waals surface area contributed by atoms with Crippen molar-refractivity contribution in [1.29, 1.82) is 0 Å². The average molecular weight is 642 g/mol. The van der Waals surface area contributed by atoms with Gasteiger partial charge in [0.25, 0.3) is 5.69 Å². The van der Waals surface area contributed by atoms with Gasteiger partial charge in [0.1, 0.15) is 12.4 Å². The molecule has 0 aliphatic carbocycles. The van der Waals surface area contributed by atoms with Crippen molar-refractivity contribution in [1.82, 2.24) is 0 Å². The molecule has 0 saturated carbocycles. The summed E-state index contributed by atoms with van der Waals surface area (Å²) < 4.78 is 16.9. The Morgan fingerprint density at radius 3 is 2.34 bits per heavy atom. The number of carbonyl (C=O) groups is 1. The van der Waals surface area contributed by atoms with Gasteiger partial charge < -0.3 is 19.1 Å². The zero-order valence-electron chi connectivity index (χ0n) is 24.7. The van der Waals surface area contributed by atoms with Gasteiger partial charge in [-0.2, -0.15) is 0 Å². The fourth-order valence-electron chi connectivity index (χ4n) is 4.92. The molecule has 1 unspecified atom stereocenters. The number of nitrogens with zero attached hydrogens (tertiary/aromatic N) is 2. The lowest BCUT2D eigenvalue weighted by atomic mass is 10.1. The molecule has 10 heteroatoms. The number of nitro benzene ring substituents is 1. The van der Waals surface area contributed by atoms with Crippen LogP contribution in [0.3, 0.4) is 0 Å². The number of hydrogen-bond acceptors (Lipinski definition) is 7. The number of anilines is 1. The molecule has 4 rings (SSSR count). The molecule has 1 atom stereocenters. The summed E-state index contributed by atoms with van der Waals surface area (Å²) in [4.78, 5) is 25.7. The van der Waals surface area contributed by atoms with E-state index < -0.39 is 10.9 Å². The third-order valence-corrected chi connectivity index (χ3v) is 7.64. The topological polar surface area (TPSA) is 91.1 Å². The van der Waals surface area contributed by atoms with Gasteiger partial charge in [-0.15, -0.1) is 23.2 Å². The van der Waals surface area contributed by atoms with Gasteiger partial charge in [0.05, 0.1) is 17.1 Å². The Morgan fingerprint density at radius 1 is 0.977 bits per heavy atom. The Morgan fingerprint density at radius 2 is 1.68 bits per heavy atom. The minimum absolute atomic E-state index is 0.0844. The smallest absolute Gasteiger partial charge is 0.306 e. The van der Waals surface area contributed by atoms with Crippen LogP contribution in [-0.2, 0) is 27.3 Å². The second kappa shape index (κ2) is 17.6. The predicted octanol–water partition coefficient (Wildman–Crippen LogP) is 8.02. The van der Waals surface area contributed by atoms with Gasteiger partial charge in [-0.05, 0) is 78.8 Å². The molecule has 1 aliphatic heterocycles. The fraction of sp³-hybridized carbons (Fsp3) is 0.382. The Balaban J connectivity index is 1.27. The highest BCUT2D eigenvalue weighted by Crippen LogP contribution is 2.24. The number of ether oxygens (including phenoxy) is 3. The van der Waals surface area contributed by atoms with E-state index in [2.05, 4.69) is 4.90 Å². The summed E-state index contributed by atoms with van der Waals surface area (Å²) in [5.74, 6) is 1.39. The van der Waals surface area contributed by atoms with Crippen LogP contribution in [0, 0.1) is 10.1 Å². The van der Waals surface area contributed by atoms with Crippen molar-refractivity contribution in [3.8, 4) is 5.75 Å². The van der Waals surface area contributed by atoms with E-state index >= 15 is 0 Å². The van der Waals surface area contributed by atoms with E-state index in [1.54, 1.807) is 12.1 Å². The molecule has 1 saturated heterocycles. The zero-order valence-corrected chi connectivity index (χ0v) is 26.2. The first-order valence-corrected chi connectivity index (χ1v) is 16.0. The van der Waals surface area contributed by atoms with Crippen LogP contribution in [0.2, 0.25) is 0 Å². The minimum Gasteiger partial charge on any atom is -0.465 e. The molecule has 44 heavy (non-hydrogen) atoms. The van der Waals surface area contributed by atoms with Crippen LogP contribution in [0.1, 0.15) is 54.4 Å². The summed E-state index contributed by atoms with van der Waals surface area (Å²) in [6.07, 6.45) is 8.17. The summed E-state index contributed by atoms with van der Waals surface area (Å²) in [6.45, 7) is 2.00. The van der Waals surface area contributed by atoms with Crippen molar-refractivity contribution < 1.29 is 23.9 Å². The average Bonchev–Trinajstić information content (AvgIpc) is 3.04. The number of esters is 1. The van der Waals surface area contributed by atoms with Crippen molar-refractivity contribution in [2.24, 2.45) is 0 Å². The summed E-state index contributed by atoms with van der Waals surface area (Å²) in [5, 5.41) is 11.6. The number of halogens is 2. The molecule has 1 fully saturated rings. The third-order valence-electron chi connectivity index (χ3n) is 7.30. The van der Waals surface area contributed by atoms with Crippen molar-refractivity contribution in [2.45, 2.75) is 51.4 Å². The van der Waals surface area contributed by atoms with Crippen LogP contribution in [-0.4, -0.2) is 48.6 Å². The highest BCUT2D eigenvalue weighted by molar-refractivity contribution is 6.18. The largest absolute Gasteiger partial charge is 0.465 e. The van der Waals surface area contributed by atoms with Crippen molar-refractivity contribution in [3.63, 3.8) is 0 Å². The maximum Gasteiger partial charge on any atom is 0.306 e. The lowest BCUT2D eigenvalue weighted by Crippen LogP contribution is -2.27. The molecule has 8 nitrogen and oxygen atoms in total. The van der Waals surface area contributed by atoms with Gasteiger partial charge in [-0.25, -0.2) is 0 Å². The van der Waals surface area contributed by atoms with Gasteiger partial charge in [0.15, 0.2) is 6.29 Å². The molecule has 0 N–H and O–H groups in total. The van der Waals surface area contributed by atoms with E-state index in [-0.39, 0.29) is 25.0 Å². The number of benzene rings is 3. The molecular formula is C34H38Cl2N2O6. The Bertz CT molecular complexity index is 1370. The molecule has 0 bridgehead atoms. The highest BCUT2D eigenvalue weighted by atomic mass is 35.5. The minimum atomic E-state index is -0.462. The number of aryl methyl sites for hydroxylation is 1. The zero-order chi connectivity index (χ0) is 31.1. The maximum absolute atomic E-state index is 12.5.